The smallest absolute Gasteiger partial charge is 0.307 e. The molecule has 7 nitrogen and oxygen atoms in total. The second kappa shape index (κ2) is 9.50. The van der Waals surface area contributed by atoms with Crippen molar-refractivity contribution in [3.05, 3.63) is 59.1 Å². The van der Waals surface area contributed by atoms with Crippen LogP contribution in [0.2, 0.25) is 5.02 Å². The molecule has 9 heteroatoms. The first-order valence-electron chi connectivity index (χ1n) is 8.04. The second-order valence-corrected chi connectivity index (χ2v) is 7.78. The number of esters is 1. The molecule has 144 valence electrons. The summed E-state index contributed by atoms with van der Waals surface area (Å²) in [6.45, 7) is 1.28. The van der Waals surface area contributed by atoms with Gasteiger partial charge in [0, 0.05) is 29.7 Å². The Kier molecular flexibility index (Phi) is 7.35. The van der Waals surface area contributed by atoms with Gasteiger partial charge in [-0.3, -0.25) is 9.59 Å². The average molecular weight is 411 g/mol. The van der Waals surface area contributed by atoms with E-state index in [0.29, 0.717) is 16.3 Å². The van der Waals surface area contributed by atoms with Gasteiger partial charge in [-0.2, -0.15) is 0 Å². The number of rotatable bonds is 8. The lowest BCUT2D eigenvalue weighted by molar-refractivity contribution is -0.144. The average Bonchev–Trinajstić information content (AvgIpc) is 2.61. The van der Waals surface area contributed by atoms with E-state index in [1.807, 2.05) is 0 Å². The summed E-state index contributed by atoms with van der Waals surface area (Å²) in [5.41, 5.74) is 1.16. The monoisotopic (exact) mass is 410 g/mol. The summed E-state index contributed by atoms with van der Waals surface area (Å²) in [7, 11) is -3.77. The SMILES string of the molecule is CC(=O)Nc1ccc(S(=O)(=O)NCCC(=O)OCc2ccccc2Cl)cc1. The predicted octanol–water partition coefficient (Wildman–Crippen LogP) is 2.71. The molecule has 0 aliphatic carbocycles. The highest BCUT2D eigenvalue weighted by molar-refractivity contribution is 7.89. The summed E-state index contributed by atoms with van der Waals surface area (Å²) in [5.74, 6) is -0.794. The highest BCUT2D eigenvalue weighted by Crippen LogP contribution is 2.16. The molecule has 0 unspecified atom stereocenters. The van der Waals surface area contributed by atoms with Gasteiger partial charge in [0.1, 0.15) is 6.61 Å². The number of halogens is 1. The molecule has 0 heterocycles. The molecule has 0 atom stereocenters. The van der Waals surface area contributed by atoms with Gasteiger partial charge < -0.3 is 10.1 Å². The number of hydrogen-bond donors (Lipinski definition) is 2. The molecule has 2 rings (SSSR count). The van der Waals surface area contributed by atoms with E-state index in [1.54, 1.807) is 24.3 Å². The van der Waals surface area contributed by atoms with Gasteiger partial charge in [0.05, 0.1) is 11.3 Å². The molecule has 0 aromatic heterocycles. The van der Waals surface area contributed by atoms with Crippen molar-refractivity contribution in [2.24, 2.45) is 0 Å². The molecular weight excluding hydrogens is 392 g/mol. The molecule has 0 bridgehead atoms. The summed E-state index contributed by atoms with van der Waals surface area (Å²) >= 11 is 5.97. The van der Waals surface area contributed by atoms with E-state index in [4.69, 9.17) is 16.3 Å². The fourth-order valence-corrected chi connectivity index (χ4v) is 3.36. The van der Waals surface area contributed by atoms with Gasteiger partial charge in [-0.25, -0.2) is 13.1 Å². The quantitative estimate of drug-likeness (QED) is 0.651. The third kappa shape index (κ3) is 6.67. The Bertz CT molecular complexity index is 914. The summed E-state index contributed by atoms with van der Waals surface area (Å²) in [6.07, 6.45) is -0.117. The molecule has 0 radical (unpaired) electrons. The fourth-order valence-electron chi connectivity index (χ4n) is 2.14. The number of anilines is 1. The molecule has 0 spiro atoms. The van der Waals surface area contributed by atoms with E-state index in [9.17, 15) is 18.0 Å². The second-order valence-electron chi connectivity index (χ2n) is 5.61. The van der Waals surface area contributed by atoms with Crippen LogP contribution in [0.4, 0.5) is 5.69 Å². The normalized spacial score (nSPS) is 11.0. The third-order valence-corrected chi connectivity index (χ3v) is 5.30. The van der Waals surface area contributed by atoms with Crippen molar-refractivity contribution in [2.75, 3.05) is 11.9 Å². The number of benzene rings is 2. The third-order valence-electron chi connectivity index (χ3n) is 3.45. The van der Waals surface area contributed by atoms with Crippen molar-refractivity contribution in [1.29, 1.82) is 0 Å². The lowest BCUT2D eigenvalue weighted by Gasteiger charge is -2.09. The molecule has 0 fully saturated rings. The molecule has 2 aromatic carbocycles. The van der Waals surface area contributed by atoms with Crippen LogP contribution in [0.25, 0.3) is 0 Å². The number of carbonyl (C=O) groups is 2. The Morgan fingerprint density at radius 1 is 1.07 bits per heavy atom. The first-order valence-corrected chi connectivity index (χ1v) is 9.90. The van der Waals surface area contributed by atoms with Gasteiger partial charge in [-0.15, -0.1) is 0 Å². The van der Waals surface area contributed by atoms with Crippen LogP contribution in [0.3, 0.4) is 0 Å². The van der Waals surface area contributed by atoms with Gasteiger partial charge in [0.25, 0.3) is 0 Å². The summed E-state index contributed by atoms with van der Waals surface area (Å²) in [6, 6.07) is 12.7. The number of nitrogens with one attached hydrogen (secondary N) is 2. The number of amides is 1. The van der Waals surface area contributed by atoms with Crippen molar-refractivity contribution in [3.63, 3.8) is 0 Å². The predicted molar refractivity (Wildman–Crippen MR) is 102 cm³/mol. The van der Waals surface area contributed by atoms with Crippen LogP contribution in [0, 0.1) is 0 Å². The zero-order valence-corrected chi connectivity index (χ0v) is 16.1. The van der Waals surface area contributed by atoms with Crippen molar-refractivity contribution < 1.29 is 22.7 Å². The molecule has 1 amide bonds. The van der Waals surface area contributed by atoms with Crippen LogP contribution in [-0.2, 0) is 31.0 Å². The molecule has 2 N–H and O–H groups in total. The Hall–Kier alpha value is -2.42. The maximum absolute atomic E-state index is 12.2. The van der Waals surface area contributed by atoms with E-state index < -0.39 is 16.0 Å². The van der Waals surface area contributed by atoms with Crippen molar-refractivity contribution in [1.82, 2.24) is 4.72 Å². The van der Waals surface area contributed by atoms with Gasteiger partial charge in [-0.1, -0.05) is 29.8 Å². The molecule has 2 aromatic rings. The molecular formula is C18H19ClN2O5S. The van der Waals surface area contributed by atoms with Gasteiger partial charge in [0.2, 0.25) is 15.9 Å². The van der Waals surface area contributed by atoms with Crippen LogP contribution >= 0.6 is 11.6 Å². The van der Waals surface area contributed by atoms with E-state index in [1.165, 1.54) is 31.2 Å². The van der Waals surface area contributed by atoms with E-state index >= 15 is 0 Å². The van der Waals surface area contributed by atoms with Crippen LogP contribution in [0.15, 0.2) is 53.4 Å². The molecule has 27 heavy (non-hydrogen) atoms. The maximum atomic E-state index is 12.2. The lowest BCUT2D eigenvalue weighted by atomic mass is 10.2. The van der Waals surface area contributed by atoms with Gasteiger partial charge >= 0.3 is 5.97 Å². The minimum Gasteiger partial charge on any atom is -0.461 e. The van der Waals surface area contributed by atoms with Crippen molar-refractivity contribution in [2.45, 2.75) is 24.8 Å². The minimum atomic E-state index is -3.77. The Balaban J connectivity index is 1.81. The highest BCUT2D eigenvalue weighted by atomic mass is 35.5. The highest BCUT2D eigenvalue weighted by Gasteiger charge is 2.15. The van der Waals surface area contributed by atoms with Crippen LogP contribution in [0.5, 0.6) is 0 Å². The standard InChI is InChI=1S/C18H19ClN2O5S/c1-13(22)21-15-6-8-16(9-7-15)27(24,25)20-11-10-18(23)26-12-14-4-2-3-5-17(14)19/h2-9,20H,10-12H2,1H3,(H,21,22). The Morgan fingerprint density at radius 2 is 1.74 bits per heavy atom. The zero-order valence-electron chi connectivity index (χ0n) is 14.6. The van der Waals surface area contributed by atoms with Crippen molar-refractivity contribution in [3.8, 4) is 0 Å². The largest absolute Gasteiger partial charge is 0.461 e. The summed E-state index contributed by atoms with van der Waals surface area (Å²) in [4.78, 5) is 22.8. The Morgan fingerprint density at radius 3 is 2.37 bits per heavy atom. The maximum Gasteiger partial charge on any atom is 0.307 e. The first-order chi connectivity index (χ1) is 12.8. The van der Waals surface area contributed by atoms with Crippen LogP contribution < -0.4 is 10.0 Å². The van der Waals surface area contributed by atoms with Crippen LogP contribution in [-0.4, -0.2) is 26.8 Å². The minimum absolute atomic E-state index is 0.0237. The fraction of sp³-hybridized carbons (Fsp3) is 0.222. The van der Waals surface area contributed by atoms with Gasteiger partial charge in [0.15, 0.2) is 0 Å². The lowest BCUT2D eigenvalue weighted by Crippen LogP contribution is -2.26. The van der Waals surface area contributed by atoms with E-state index in [0.717, 1.165) is 0 Å². The van der Waals surface area contributed by atoms with E-state index in [2.05, 4.69) is 10.0 Å². The number of carbonyl (C=O) groups excluding carboxylic acids is 2. The number of sulfonamides is 1. The van der Waals surface area contributed by atoms with Crippen LogP contribution in [0.1, 0.15) is 18.9 Å². The zero-order chi connectivity index (χ0) is 19.9. The van der Waals surface area contributed by atoms with Crippen molar-refractivity contribution >= 4 is 39.2 Å². The van der Waals surface area contributed by atoms with E-state index in [-0.39, 0.29) is 30.4 Å². The molecule has 0 saturated carbocycles. The van der Waals surface area contributed by atoms with Gasteiger partial charge in [-0.05, 0) is 30.3 Å². The molecule has 0 saturated heterocycles. The summed E-state index contributed by atoms with van der Waals surface area (Å²) < 4.78 is 31.8. The summed E-state index contributed by atoms with van der Waals surface area (Å²) in [5, 5.41) is 3.04. The topological polar surface area (TPSA) is 102 Å². The molecule has 0 aliphatic rings. The Labute approximate surface area is 162 Å². The molecule has 0 aliphatic heterocycles. The first kappa shape index (κ1) is 20.9. The number of hydrogen-bond acceptors (Lipinski definition) is 5. The number of ether oxygens (including phenoxy) is 1.